The molecule has 18 heavy (non-hydrogen) atoms. The lowest BCUT2D eigenvalue weighted by Crippen LogP contribution is -2.12. The van der Waals surface area contributed by atoms with Gasteiger partial charge in [-0.05, 0) is 12.1 Å². The van der Waals surface area contributed by atoms with Gasteiger partial charge >= 0.3 is 5.97 Å². The van der Waals surface area contributed by atoms with Crippen LogP contribution in [0.3, 0.4) is 0 Å². The fourth-order valence-corrected chi connectivity index (χ4v) is 1.56. The van der Waals surface area contributed by atoms with Crippen molar-refractivity contribution in [3.63, 3.8) is 0 Å². The summed E-state index contributed by atoms with van der Waals surface area (Å²) in [4.78, 5) is 14.8. The maximum absolute atomic E-state index is 10.9. The Bertz CT molecular complexity index is 552. The Morgan fingerprint density at radius 2 is 2.39 bits per heavy atom. The zero-order valence-electron chi connectivity index (χ0n) is 9.87. The van der Waals surface area contributed by atoms with Crippen molar-refractivity contribution >= 4 is 11.7 Å². The van der Waals surface area contributed by atoms with Gasteiger partial charge in [0, 0.05) is 26.2 Å². The molecule has 0 aromatic carbocycles. The standard InChI is InChI=1S/C11H13N5O2/c1-16-7-14-15-9(16)4-6-12-8-3-2-5-13-10(8)11(17)18/h2-3,5,7,12H,4,6H2,1H3,(H,17,18). The summed E-state index contributed by atoms with van der Waals surface area (Å²) < 4.78 is 1.82. The van der Waals surface area contributed by atoms with E-state index in [1.54, 1.807) is 18.5 Å². The normalized spacial score (nSPS) is 10.3. The average molecular weight is 247 g/mol. The van der Waals surface area contributed by atoms with Gasteiger partial charge in [-0.15, -0.1) is 10.2 Å². The van der Waals surface area contributed by atoms with Crippen LogP contribution in [0.4, 0.5) is 5.69 Å². The molecule has 7 nitrogen and oxygen atoms in total. The first kappa shape index (κ1) is 12.0. The third-order valence-corrected chi connectivity index (χ3v) is 2.48. The van der Waals surface area contributed by atoms with Crippen molar-refractivity contribution in [3.05, 3.63) is 36.2 Å². The summed E-state index contributed by atoms with van der Waals surface area (Å²) in [7, 11) is 1.86. The highest BCUT2D eigenvalue weighted by molar-refractivity contribution is 5.91. The summed E-state index contributed by atoms with van der Waals surface area (Å²) in [5.74, 6) is -0.208. The maximum atomic E-state index is 10.9. The molecular weight excluding hydrogens is 234 g/mol. The van der Waals surface area contributed by atoms with Crippen molar-refractivity contribution in [2.45, 2.75) is 6.42 Å². The molecule has 0 aliphatic rings. The number of carboxylic acids is 1. The lowest BCUT2D eigenvalue weighted by atomic mass is 10.3. The lowest BCUT2D eigenvalue weighted by molar-refractivity contribution is 0.0691. The molecule has 2 aromatic heterocycles. The van der Waals surface area contributed by atoms with Crippen LogP contribution in [0.1, 0.15) is 16.3 Å². The van der Waals surface area contributed by atoms with Gasteiger partial charge in [-0.25, -0.2) is 9.78 Å². The summed E-state index contributed by atoms with van der Waals surface area (Å²) in [5.41, 5.74) is 0.530. The molecule has 94 valence electrons. The van der Waals surface area contributed by atoms with E-state index in [0.717, 1.165) is 5.82 Å². The molecule has 2 heterocycles. The highest BCUT2D eigenvalue weighted by Gasteiger charge is 2.10. The Hall–Kier alpha value is -2.44. The number of anilines is 1. The molecule has 2 aromatic rings. The third kappa shape index (κ3) is 2.62. The maximum Gasteiger partial charge on any atom is 0.356 e. The highest BCUT2D eigenvalue weighted by atomic mass is 16.4. The van der Waals surface area contributed by atoms with E-state index in [0.29, 0.717) is 18.7 Å². The number of carboxylic acid groups (broad SMARTS) is 1. The van der Waals surface area contributed by atoms with Gasteiger partial charge in [-0.2, -0.15) is 0 Å². The van der Waals surface area contributed by atoms with Crippen LogP contribution in [0, 0.1) is 0 Å². The number of nitrogens with one attached hydrogen (secondary N) is 1. The van der Waals surface area contributed by atoms with E-state index in [4.69, 9.17) is 5.11 Å². The summed E-state index contributed by atoms with van der Waals surface area (Å²) in [6, 6.07) is 3.38. The molecule has 0 fully saturated rings. The first-order valence-corrected chi connectivity index (χ1v) is 5.43. The number of carbonyl (C=O) groups is 1. The smallest absolute Gasteiger partial charge is 0.356 e. The van der Waals surface area contributed by atoms with Crippen LogP contribution >= 0.6 is 0 Å². The van der Waals surface area contributed by atoms with E-state index in [2.05, 4.69) is 20.5 Å². The van der Waals surface area contributed by atoms with Crippen LogP contribution in [-0.4, -0.2) is 37.4 Å². The second kappa shape index (κ2) is 5.26. The lowest BCUT2D eigenvalue weighted by Gasteiger charge is -2.07. The van der Waals surface area contributed by atoms with Crippen LogP contribution in [-0.2, 0) is 13.5 Å². The Kier molecular flexibility index (Phi) is 3.52. The fraction of sp³-hybridized carbons (Fsp3) is 0.273. The zero-order valence-corrected chi connectivity index (χ0v) is 9.87. The number of aromatic nitrogens is 4. The molecule has 0 amide bonds. The van der Waals surface area contributed by atoms with Gasteiger partial charge in [-0.1, -0.05) is 0 Å². The van der Waals surface area contributed by atoms with Crippen LogP contribution in [0.2, 0.25) is 0 Å². The van der Waals surface area contributed by atoms with Crippen molar-refractivity contribution in [2.24, 2.45) is 7.05 Å². The average Bonchev–Trinajstić information content (AvgIpc) is 2.76. The summed E-state index contributed by atoms with van der Waals surface area (Å²) in [5, 5.41) is 19.7. The van der Waals surface area contributed by atoms with E-state index >= 15 is 0 Å². The number of rotatable bonds is 5. The SMILES string of the molecule is Cn1cnnc1CCNc1cccnc1C(=O)O. The van der Waals surface area contributed by atoms with Crippen molar-refractivity contribution in [1.82, 2.24) is 19.7 Å². The molecule has 0 bridgehead atoms. The molecule has 0 radical (unpaired) electrons. The van der Waals surface area contributed by atoms with Crippen molar-refractivity contribution in [3.8, 4) is 0 Å². The number of aromatic carboxylic acids is 1. The summed E-state index contributed by atoms with van der Waals surface area (Å²) >= 11 is 0. The highest BCUT2D eigenvalue weighted by Crippen LogP contribution is 2.11. The molecule has 0 saturated carbocycles. The first-order valence-electron chi connectivity index (χ1n) is 5.43. The minimum Gasteiger partial charge on any atom is -0.476 e. The molecular formula is C11H13N5O2. The van der Waals surface area contributed by atoms with Crippen molar-refractivity contribution < 1.29 is 9.90 Å². The zero-order chi connectivity index (χ0) is 13.0. The molecule has 0 spiro atoms. The number of hydrogen-bond donors (Lipinski definition) is 2. The predicted molar refractivity (Wildman–Crippen MR) is 64.4 cm³/mol. The minimum atomic E-state index is -1.04. The van der Waals surface area contributed by atoms with E-state index in [1.807, 2.05) is 11.6 Å². The molecule has 0 aliphatic heterocycles. The molecule has 0 saturated heterocycles. The Labute approximate surface area is 104 Å². The molecule has 2 rings (SSSR count). The Balaban J connectivity index is 1.99. The van der Waals surface area contributed by atoms with Gasteiger partial charge in [0.15, 0.2) is 5.69 Å². The molecule has 2 N–H and O–H groups in total. The molecule has 0 aliphatic carbocycles. The first-order chi connectivity index (χ1) is 8.68. The molecule has 7 heteroatoms. The second-order valence-electron chi connectivity index (χ2n) is 3.74. The van der Waals surface area contributed by atoms with Gasteiger partial charge in [0.05, 0.1) is 5.69 Å². The fourth-order valence-electron chi connectivity index (χ4n) is 1.56. The number of aryl methyl sites for hydroxylation is 1. The van der Waals surface area contributed by atoms with Crippen LogP contribution < -0.4 is 5.32 Å². The van der Waals surface area contributed by atoms with Crippen LogP contribution in [0.25, 0.3) is 0 Å². The molecule has 0 atom stereocenters. The van der Waals surface area contributed by atoms with Crippen molar-refractivity contribution in [2.75, 3.05) is 11.9 Å². The quantitative estimate of drug-likeness (QED) is 0.802. The van der Waals surface area contributed by atoms with Gasteiger partial charge in [0.25, 0.3) is 0 Å². The van der Waals surface area contributed by atoms with E-state index < -0.39 is 5.97 Å². The molecule has 0 unspecified atom stereocenters. The van der Waals surface area contributed by atoms with E-state index in [-0.39, 0.29) is 5.69 Å². The topological polar surface area (TPSA) is 92.9 Å². The van der Waals surface area contributed by atoms with E-state index in [9.17, 15) is 4.79 Å². The second-order valence-corrected chi connectivity index (χ2v) is 3.74. The summed E-state index contributed by atoms with van der Waals surface area (Å²) in [6.07, 6.45) is 3.74. The van der Waals surface area contributed by atoms with Crippen LogP contribution in [0.15, 0.2) is 24.7 Å². The number of pyridine rings is 1. The third-order valence-electron chi connectivity index (χ3n) is 2.48. The van der Waals surface area contributed by atoms with Gasteiger partial charge in [-0.3, -0.25) is 0 Å². The van der Waals surface area contributed by atoms with Gasteiger partial charge in [0.1, 0.15) is 12.2 Å². The van der Waals surface area contributed by atoms with Crippen LogP contribution in [0.5, 0.6) is 0 Å². The monoisotopic (exact) mass is 247 g/mol. The van der Waals surface area contributed by atoms with Gasteiger partial charge < -0.3 is 15.0 Å². The summed E-state index contributed by atoms with van der Waals surface area (Å²) in [6.45, 7) is 0.568. The number of hydrogen-bond acceptors (Lipinski definition) is 5. The Morgan fingerprint density at radius 3 is 3.06 bits per heavy atom. The minimum absolute atomic E-state index is 0.0236. The van der Waals surface area contributed by atoms with E-state index in [1.165, 1.54) is 6.20 Å². The van der Waals surface area contributed by atoms with Crippen molar-refractivity contribution in [1.29, 1.82) is 0 Å². The predicted octanol–water partition coefficient (Wildman–Crippen LogP) is 0.563. The van der Waals surface area contributed by atoms with Gasteiger partial charge in [0.2, 0.25) is 0 Å². The number of nitrogens with zero attached hydrogens (tertiary/aromatic N) is 4. The largest absolute Gasteiger partial charge is 0.476 e. The Morgan fingerprint density at radius 1 is 1.56 bits per heavy atom.